The van der Waals surface area contributed by atoms with E-state index < -0.39 is 17.7 Å². The van der Waals surface area contributed by atoms with Gasteiger partial charge in [0.1, 0.15) is 6.10 Å². The number of carbonyl (C=O) groups excluding carboxylic acids is 2. The lowest BCUT2D eigenvalue weighted by Gasteiger charge is -2.47. The molecule has 0 radical (unpaired) electrons. The molecule has 2 unspecified atom stereocenters. The van der Waals surface area contributed by atoms with Crippen molar-refractivity contribution in [2.75, 3.05) is 19.7 Å². The van der Waals surface area contributed by atoms with Crippen LogP contribution in [0.5, 0.6) is 0 Å². The van der Waals surface area contributed by atoms with Gasteiger partial charge >= 0.3 is 12.1 Å². The first-order valence-corrected chi connectivity index (χ1v) is 18.1. The summed E-state index contributed by atoms with van der Waals surface area (Å²) in [7, 11) is 0. The zero-order chi connectivity index (χ0) is 31.4. The monoisotopic (exact) mass is 618 g/mol. The smallest absolute Gasteiger partial charge is 0.458 e. The van der Waals surface area contributed by atoms with Gasteiger partial charge in [0.15, 0.2) is 0 Å². The van der Waals surface area contributed by atoms with E-state index in [1.807, 2.05) is 60.7 Å². The van der Waals surface area contributed by atoms with E-state index in [1.54, 1.807) is 0 Å². The Kier molecular flexibility index (Phi) is 12.4. The van der Waals surface area contributed by atoms with Gasteiger partial charge in [0.2, 0.25) is 0 Å². The zero-order valence-corrected chi connectivity index (χ0v) is 27.6. The number of nitrogens with zero attached hydrogens (tertiary/aromatic N) is 1. The molecule has 3 aliphatic rings. The maximum Gasteiger partial charge on any atom is 0.510 e. The molecule has 3 saturated heterocycles. The summed E-state index contributed by atoms with van der Waals surface area (Å²) in [5, 5.41) is 0. The van der Waals surface area contributed by atoms with Crippen LogP contribution in [0.1, 0.15) is 127 Å². The van der Waals surface area contributed by atoms with Crippen molar-refractivity contribution in [1.29, 1.82) is 0 Å². The molecule has 0 amide bonds. The number of quaternary nitrogens is 1. The molecule has 0 aromatic heterocycles. The predicted molar refractivity (Wildman–Crippen MR) is 178 cm³/mol. The molecular weight excluding hydrogens is 562 g/mol. The number of unbranched alkanes of at least 4 members (excludes halogenated alkanes) is 10. The second-order valence-electron chi connectivity index (χ2n) is 13.8. The average Bonchev–Trinajstić information content (AvgIpc) is 3.61. The van der Waals surface area contributed by atoms with Crippen molar-refractivity contribution in [3.8, 4) is 0 Å². The summed E-state index contributed by atoms with van der Waals surface area (Å²) >= 11 is 0. The number of hydrogen-bond donors (Lipinski definition) is 0. The Labute approximate surface area is 271 Å². The van der Waals surface area contributed by atoms with Crippen molar-refractivity contribution in [3.05, 3.63) is 71.8 Å². The quantitative estimate of drug-likeness (QED) is 0.100. The molecule has 2 aromatic carbocycles. The van der Waals surface area contributed by atoms with Crippen molar-refractivity contribution < 1.29 is 28.3 Å². The molecule has 45 heavy (non-hydrogen) atoms. The Balaban J connectivity index is 1.20. The van der Waals surface area contributed by atoms with Crippen LogP contribution in [-0.4, -0.2) is 54.5 Å². The van der Waals surface area contributed by atoms with Crippen LogP contribution in [0.4, 0.5) is 4.79 Å². The normalized spacial score (nSPS) is 21.9. The summed E-state index contributed by atoms with van der Waals surface area (Å²) in [6, 6.07) is 19.7. The van der Waals surface area contributed by atoms with E-state index in [0.29, 0.717) is 23.2 Å². The molecule has 3 aliphatic heterocycles. The van der Waals surface area contributed by atoms with Crippen LogP contribution in [-0.2, 0) is 24.6 Å². The van der Waals surface area contributed by atoms with Crippen molar-refractivity contribution >= 4 is 12.1 Å². The summed E-state index contributed by atoms with van der Waals surface area (Å²) in [4.78, 5) is 27.7. The van der Waals surface area contributed by atoms with E-state index in [1.165, 1.54) is 94.6 Å². The largest absolute Gasteiger partial charge is 0.510 e. The number of benzene rings is 2. The van der Waals surface area contributed by atoms with Crippen LogP contribution in [0.2, 0.25) is 0 Å². The highest BCUT2D eigenvalue weighted by atomic mass is 16.7. The lowest BCUT2D eigenvalue weighted by molar-refractivity contribution is -0.956. The third kappa shape index (κ3) is 8.11. The van der Waals surface area contributed by atoms with E-state index in [0.717, 1.165) is 32.1 Å². The number of ether oxygens (including phenoxy) is 3. The Morgan fingerprint density at radius 1 is 0.711 bits per heavy atom. The van der Waals surface area contributed by atoms with Crippen LogP contribution in [0.15, 0.2) is 60.7 Å². The number of esters is 1. The van der Waals surface area contributed by atoms with Crippen LogP contribution in [0.25, 0.3) is 0 Å². The van der Waals surface area contributed by atoms with Crippen LogP contribution < -0.4 is 0 Å². The van der Waals surface area contributed by atoms with Gasteiger partial charge < -0.3 is 18.7 Å². The molecular formula is C39H56NO5+. The molecule has 6 nitrogen and oxygen atoms in total. The van der Waals surface area contributed by atoms with Gasteiger partial charge in [0.05, 0.1) is 31.8 Å². The minimum absolute atomic E-state index is 0.179. The molecule has 3 fully saturated rings. The molecule has 3 heterocycles. The van der Waals surface area contributed by atoms with Gasteiger partial charge in [0, 0.05) is 49.7 Å². The van der Waals surface area contributed by atoms with E-state index >= 15 is 0 Å². The van der Waals surface area contributed by atoms with Crippen molar-refractivity contribution in [1.82, 2.24) is 0 Å². The minimum Gasteiger partial charge on any atom is -0.458 e. The topological polar surface area (TPSA) is 61.8 Å². The van der Waals surface area contributed by atoms with E-state index in [4.69, 9.17) is 14.2 Å². The lowest BCUT2D eigenvalue weighted by Crippen LogP contribution is -2.60. The fourth-order valence-electron chi connectivity index (χ4n) is 8.52. The summed E-state index contributed by atoms with van der Waals surface area (Å²) in [5.74, 6) is -0.536. The highest BCUT2D eigenvalue weighted by molar-refractivity contribution is 5.88. The maximum atomic E-state index is 14.4. The van der Waals surface area contributed by atoms with E-state index in [-0.39, 0.29) is 12.7 Å². The second kappa shape index (κ2) is 16.6. The standard InChI is InChI=1S/C39H56NO5/c1-2-3-4-5-6-7-8-9-10-11-20-29-43-38(42)45-39(32-21-14-12-15-22-32,33-23-16-13-17-24-33)37(41)44-36-30-34-25-26-35(31-36)40(34)27-18-19-28-40/h12-17,21-24,34-36H,2-11,18-20,25-31H2,1H3/q+1. The first-order chi connectivity index (χ1) is 22.1. The molecule has 1 spiro atoms. The third-order valence-corrected chi connectivity index (χ3v) is 10.9. The van der Waals surface area contributed by atoms with Gasteiger partial charge in [-0.1, -0.05) is 132 Å². The van der Waals surface area contributed by atoms with Crippen molar-refractivity contribution in [2.24, 2.45) is 0 Å². The minimum atomic E-state index is -1.74. The molecule has 5 rings (SSSR count). The fraction of sp³-hybridized carbons (Fsp3) is 0.641. The van der Waals surface area contributed by atoms with E-state index in [2.05, 4.69) is 6.92 Å². The number of hydrogen-bond acceptors (Lipinski definition) is 5. The van der Waals surface area contributed by atoms with Crippen LogP contribution >= 0.6 is 0 Å². The van der Waals surface area contributed by atoms with Gasteiger partial charge in [-0.05, 0) is 6.42 Å². The summed E-state index contributed by atoms with van der Waals surface area (Å²) in [5.41, 5.74) is -0.614. The van der Waals surface area contributed by atoms with Crippen LogP contribution in [0.3, 0.4) is 0 Å². The molecule has 6 heteroatoms. The lowest BCUT2D eigenvalue weighted by atomic mass is 9.85. The Morgan fingerprint density at radius 3 is 1.71 bits per heavy atom. The summed E-state index contributed by atoms with van der Waals surface area (Å²) < 4.78 is 19.4. The number of piperidine rings is 1. The second-order valence-corrected chi connectivity index (χ2v) is 13.8. The molecule has 0 saturated carbocycles. The molecule has 2 aromatic rings. The zero-order valence-electron chi connectivity index (χ0n) is 27.6. The molecule has 2 bridgehead atoms. The van der Waals surface area contributed by atoms with Gasteiger partial charge in [0.25, 0.3) is 5.60 Å². The predicted octanol–water partition coefficient (Wildman–Crippen LogP) is 9.24. The average molecular weight is 619 g/mol. The fourth-order valence-corrected chi connectivity index (χ4v) is 8.52. The van der Waals surface area contributed by atoms with E-state index in [9.17, 15) is 9.59 Å². The molecule has 2 atom stereocenters. The van der Waals surface area contributed by atoms with Crippen molar-refractivity contribution in [2.45, 2.75) is 140 Å². The van der Waals surface area contributed by atoms with Crippen LogP contribution in [0, 0.1) is 0 Å². The van der Waals surface area contributed by atoms with Gasteiger partial charge in [-0.3, -0.25) is 0 Å². The third-order valence-electron chi connectivity index (χ3n) is 10.9. The van der Waals surface area contributed by atoms with Gasteiger partial charge in [-0.25, -0.2) is 9.59 Å². The number of rotatable bonds is 17. The Hall–Kier alpha value is -2.86. The molecule has 0 N–H and O–H groups in total. The summed E-state index contributed by atoms with van der Waals surface area (Å²) in [6.07, 6.45) is 19.2. The molecule has 246 valence electrons. The summed E-state index contributed by atoms with van der Waals surface area (Å²) in [6.45, 7) is 5.06. The number of carbonyl (C=O) groups is 2. The van der Waals surface area contributed by atoms with Crippen molar-refractivity contribution in [3.63, 3.8) is 0 Å². The maximum absolute atomic E-state index is 14.4. The molecule has 0 aliphatic carbocycles. The van der Waals surface area contributed by atoms with Gasteiger partial charge in [-0.15, -0.1) is 0 Å². The Bertz CT molecular complexity index is 1120. The highest BCUT2D eigenvalue weighted by Crippen LogP contribution is 2.47. The first kappa shape index (κ1) is 33.5. The first-order valence-electron chi connectivity index (χ1n) is 18.1. The van der Waals surface area contributed by atoms with Gasteiger partial charge in [-0.2, -0.15) is 0 Å². The Morgan fingerprint density at radius 2 is 1.20 bits per heavy atom. The highest BCUT2D eigenvalue weighted by Gasteiger charge is 2.57. The SMILES string of the molecule is CCCCCCCCCCCCCOC(=O)OC(C(=O)OC1CC2CCC(C1)[N+]21CCCC1)(c1ccccc1)c1ccccc1.